The number of amides is 1. The third-order valence-corrected chi connectivity index (χ3v) is 4.71. The van der Waals surface area contributed by atoms with E-state index in [1.54, 1.807) is 37.4 Å². The van der Waals surface area contributed by atoms with Crippen LogP contribution in [0.25, 0.3) is 22.3 Å². The molecule has 0 saturated carbocycles. The van der Waals surface area contributed by atoms with E-state index in [1.807, 2.05) is 5.10 Å². The molecule has 0 fully saturated rings. The number of nitrogens with zero attached hydrogens (tertiary/aromatic N) is 3. The minimum absolute atomic E-state index is 0.00429. The van der Waals surface area contributed by atoms with Crippen molar-refractivity contribution in [3.8, 4) is 11.3 Å². The zero-order valence-electron chi connectivity index (χ0n) is 15.6. The van der Waals surface area contributed by atoms with Crippen molar-refractivity contribution in [2.45, 2.75) is 12.7 Å². The molecule has 0 atom stereocenters. The molecular weight excluding hydrogens is 402 g/mol. The Hall–Kier alpha value is -3.69. The molecule has 0 aliphatic carbocycles. The van der Waals surface area contributed by atoms with Crippen molar-refractivity contribution in [3.63, 3.8) is 0 Å². The third kappa shape index (κ3) is 3.51. The van der Waals surface area contributed by atoms with Gasteiger partial charge in [-0.25, -0.2) is 9.37 Å². The van der Waals surface area contributed by atoms with E-state index in [4.69, 9.17) is 0 Å². The molecule has 6 nitrogen and oxygen atoms in total. The Morgan fingerprint density at radius 2 is 1.97 bits per heavy atom. The molecule has 0 saturated heterocycles. The highest BCUT2D eigenvalue weighted by Crippen LogP contribution is 2.35. The first-order valence-corrected chi connectivity index (χ1v) is 8.84. The molecule has 1 aromatic carbocycles. The summed E-state index contributed by atoms with van der Waals surface area (Å²) in [5, 5.41) is 8.64. The van der Waals surface area contributed by atoms with Crippen LogP contribution in [0, 0.1) is 5.82 Å². The summed E-state index contributed by atoms with van der Waals surface area (Å²) in [7, 11) is 1.58. The molecule has 0 radical (unpaired) electrons. The molecule has 3 aromatic heterocycles. The largest absolute Gasteiger partial charge is 0.433 e. The second kappa shape index (κ2) is 7.29. The topological polar surface area (TPSA) is 75.6 Å². The number of halogens is 4. The second-order valence-corrected chi connectivity index (χ2v) is 6.63. The number of carbonyl (C=O) groups excluding carboxylic acids is 1. The van der Waals surface area contributed by atoms with Crippen LogP contribution in [-0.4, -0.2) is 25.7 Å². The lowest BCUT2D eigenvalue weighted by atomic mass is 10.1. The van der Waals surface area contributed by atoms with Crippen LogP contribution in [-0.2, 0) is 19.8 Å². The van der Waals surface area contributed by atoms with Gasteiger partial charge in [-0.2, -0.15) is 18.3 Å². The van der Waals surface area contributed by atoms with Gasteiger partial charge in [0.2, 0.25) is 0 Å². The van der Waals surface area contributed by atoms with Gasteiger partial charge in [0.05, 0.1) is 17.5 Å². The normalized spacial score (nSPS) is 11.8. The van der Waals surface area contributed by atoms with E-state index >= 15 is 0 Å². The zero-order chi connectivity index (χ0) is 21.5. The van der Waals surface area contributed by atoms with E-state index in [1.165, 1.54) is 16.7 Å². The third-order valence-electron chi connectivity index (χ3n) is 4.71. The van der Waals surface area contributed by atoms with Crippen molar-refractivity contribution in [2.75, 3.05) is 0 Å². The summed E-state index contributed by atoms with van der Waals surface area (Å²) in [6.07, 6.45) is -3.55. The van der Waals surface area contributed by atoms with Crippen LogP contribution < -0.4 is 5.32 Å². The number of aromatic amines is 1. The highest BCUT2D eigenvalue weighted by Gasteiger charge is 2.36. The van der Waals surface area contributed by atoms with Gasteiger partial charge in [-0.1, -0.05) is 18.2 Å². The number of hydrogen-bond donors (Lipinski definition) is 2. The Balaban J connectivity index is 1.64. The lowest BCUT2D eigenvalue weighted by Gasteiger charge is -2.08. The summed E-state index contributed by atoms with van der Waals surface area (Å²) < 4.78 is 54.6. The van der Waals surface area contributed by atoms with Crippen molar-refractivity contribution in [1.29, 1.82) is 0 Å². The van der Waals surface area contributed by atoms with Gasteiger partial charge in [-0.05, 0) is 24.3 Å². The van der Waals surface area contributed by atoms with Gasteiger partial charge < -0.3 is 9.88 Å². The quantitative estimate of drug-likeness (QED) is 0.492. The average molecular weight is 417 g/mol. The summed E-state index contributed by atoms with van der Waals surface area (Å²) in [6.45, 7) is -0.00429. The fraction of sp³-hybridized carbons (Fsp3) is 0.150. The van der Waals surface area contributed by atoms with Crippen molar-refractivity contribution in [1.82, 2.24) is 25.1 Å². The minimum Gasteiger partial charge on any atom is -0.347 e. The smallest absolute Gasteiger partial charge is 0.347 e. The molecule has 0 aliphatic rings. The Morgan fingerprint density at radius 1 is 1.20 bits per heavy atom. The summed E-state index contributed by atoms with van der Waals surface area (Å²) in [5.41, 5.74) is -0.192. The number of fused-ring (bicyclic) bond motifs is 1. The number of hydrogen-bond acceptors (Lipinski definition) is 3. The standard InChI is InChI=1S/C20H15F4N5O/c1-29-16(19(30)25-9-12-4-2-3-5-14(12)21)8-11-6-7-15(27-18(11)29)13-10-26-28-17(13)20(22,23)24/h2-8,10H,9H2,1H3,(H,25,30)(H,26,28). The van der Waals surface area contributed by atoms with Gasteiger partial charge >= 0.3 is 6.18 Å². The first-order valence-electron chi connectivity index (χ1n) is 8.84. The molecule has 0 bridgehead atoms. The maximum Gasteiger partial charge on any atom is 0.433 e. The number of carbonyl (C=O) groups is 1. The van der Waals surface area contributed by atoms with Gasteiger partial charge in [0.15, 0.2) is 0 Å². The summed E-state index contributed by atoms with van der Waals surface area (Å²) >= 11 is 0. The molecule has 10 heteroatoms. The molecule has 30 heavy (non-hydrogen) atoms. The number of pyridine rings is 1. The molecule has 154 valence electrons. The van der Waals surface area contributed by atoms with Crippen LogP contribution in [0.1, 0.15) is 21.7 Å². The van der Waals surface area contributed by atoms with E-state index in [0.717, 1.165) is 6.20 Å². The Labute approximate surface area is 167 Å². The second-order valence-electron chi connectivity index (χ2n) is 6.63. The number of benzene rings is 1. The maximum absolute atomic E-state index is 13.7. The van der Waals surface area contributed by atoms with Crippen LogP contribution >= 0.6 is 0 Å². The first kappa shape index (κ1) is 19.6. The lowest BCUT2D eigenvalue weighted by Crippen LogP contribution is -2.25. The Bertz CT molecular complexity index is 1240. The highest BCUT2D eigenvalue weighted by atomic mass is 19.4. The molecule has 1 amide bonds. The molecule has 0 spiro atoms. The lowest BCUT2D eigenvalue weighted by molar-refractivity contribution is -0.140. The van der Waals surface area contributed by atoms with Crippen LogP contribution in [0.15, 0.2) is 48.7 Å². The van der Waals surface area contributed by atoms with E-state index in [9.17, 15) is 22.4 Å². The van der Waals surface area contributed by atoms with Gasteiger partial charge in [0, 0.05) is 24.5 Å². The average Bonchev–Trinajstić information content (AvgIpc) is 3.32. The van der Waals surface area contributed by atoms with Gasteiger partial charge in [-0.15, -0.1) is 0 Å². The van der Waals surface area contributed by atoms with Gasteiger partial charge in [-0.3, -0.25) is 9.89 Å². The predicted molar refractivity (Wildman–Crippen MR) is 101 cm³/mol. The number of nitrogens with one attached hydrogen (secondary N) is 2. The van der Waals surface area contributed by atoms with E-state index in [2.05, 4.69) is 15.4 Å². The van der Waals surface area contributed by atoms with Crippen molar-refractivity contribution >= 4 is 16.9 Å². The van der Waals surface area contributed by atoms with Crippen LogP contribution in [0.3, 0.4) is 0 Å². The Morgan fingerprint density at radius 3 is 2.70 bits per heavy atom. The maximum atomic E-state index is 13.7. The fourth-order valence-corrected chi connectivity index (χ4v) is 3.17. The molecule has 0 aliphatic heterocycles. The molecule has 4 aromatic rings. The molecule has 0 unspecified atom stereocenters. The molecule has 2 N–H and O–H groups in total. The fourth-order valence-electron chi connectivity index (χ4n) is 3.17. The van der Waals surface area contributed by atoms with Crippen molar-refractivity contribution in [3.05, 3.63) is 71.4 Å². The van der Waals surface area contributed by atoms with Gasteiger partial charge in [0.1, 0.15) is 22.9 Å². The number of rotatable bonds is 4. The van der Waals surface area contributed by atoms with Crippen molar-refractivity contribution < 1.29 is 22.4 Å². The summed E-state index contributed by atoms with van der Waals surface area (Å²) in [4.78, 5) is 16.9. The number of aromatic nitrogens is 4. The van der Waals surface area contributed by atoms with Gasteiger partial charge in [0.25, 0.3) is 5.91 Å². The summed E-state index contributed by atoms with van der Waals surface area (Å²) in [5.74, 6) is -0.888. The number of alkyl halides is 3. The molecular formula is C20H15F4N5O. The SMILES string of the molecule is Cn1c(C(=O)NCc2ccccc2F)cc2ccc(-c3cn[nH]c3C(F)(F)F)nc21. The number of H-pyrrole nitrogens is 1. The van der Waals surface area contributed by atoms with Crippen LogP contribution in [0.4, 0.5) is 17.6 Å². The zero-order valence-corrected chi connectivity index (χ0v) is 15.6. The van der Waals surface area contributed by atoms with Crippen molar-refractivity contribution in [2.24, 2.45) is 7.05 Å². The Kier molecular flexibility index (Phi) is 4.76. The van der Waals surface area contributed by atoms with Crippen LogP contribution in [0.2, 0.25) is 0 Å². The molecule has 4 rings (SSSR count). The monoisotopic (exact) mass is 417 g/mol. The molecule has 3 heterocycles. The highest BCUT2D eigenvalue weighted by molar-refractivity contribution is 5.98. The van der Waals surface area contributed by atoms with E-state index in [-0.39, 0.29) is 23.5 Å². The van der Waals surface area contributed by atoms with E-state index in [0.29, 0.717) is 16.6 Å². The predicted octanol–water partition coefficient (Wildman–Crippen LogP) is 4.05. The van der Waals surface area contributed by atoms with E-state index < -0.39 is 23.6 Å². The summed E-state index contributed by atoms with van der Waals surface area (Å²) in [6, 6.07) is 10.7. The van der Waals surface area contributed by atoms with Crippen LogP contribution in [0.5, 0.6) is 0 Å². The first-order chi connectivity index (χ1) is 14.3. The number of aryl methyl sites for hydroxylation is 1. The minimum atomic E-state index is -4.60.